The highest BCUT2D eigenvalue weighted by molar-refractivity contribution is 7.99. The maximum Gasteiger partial charge on any atom is 0.255 e. The van der Waals surface area contributed by atoms with Crippen LogP contribution in [0.25, 0.3) is 0 Å². The second kappa shape index (κ2) is 13.9. The van der Waals surface area contributed by atoms with Gasteiger partial charge in [-0.05, 0) is 43.0 Å². The molecule has 0 aliphatic carbocycles. The number of hydrogen-bond donors (Lipinski definition) is 2. The maximum absolute atomic E-state index is 14.1. The summed E-state index contributed by atoms with van der Waals surface area (Å²) in [5, 5.41) is 5.28. The van der Waals surface area contributed by atoms with Crippen molar-refractivity contribution in [2.45, 2.75) is 64.3 Å². The van der Waals surface area contributed by atoms with Crippen molar-refractivity contribution in [2.24, 2.45) is 5.92 Å². The van der Waals surface area contributed by atoms with Crippen LogP contribution in [0, 0.1) is 17.6 Å². The molecule has 1 aromatic heterocycles. The lowest BCUT2D eigenvalue weighted by Crippen LogP contribution is -2.52. The lowest BCUT2D eigenvalue weighted by atomic mass is 10.0. The number of unbranched alkanes of at least 4 members (excludes halogenated alkanes) is 1. The molecular weight excluding hydrogens is 462 g/mol. The number of rotatable bonds is 14. The van der Waals surface area contributed by atoms with E-state index in [0.29, 0.717) is 12.2 Å². The van der Waals surface area contributed by atoms with Crippen LogP contribution in [0.2, 0.25) is 0 Å². The Labute approximate surface area is 203 Å². The molecule has 0 unspecified atom stereocenters. The number of ketones is 1. The Hall–Kier alpha value is -2.68. The summed E-state index contributed by atoms with van der Waals surface area (Å²) in [5.74, 6) is -2.41. The van der Waals surface area contributed by atoms with E-state index in [0.717, 1.165) is 30.7 Å². The van der Waals surface area contributed by atoms with Crippen molar-refractivity contribution < 1.29 is 27.6 Å². The van der Waals surface area contributed by atoms with Gasteiger partial charge < -0.3 is 15.1 Å². The summed E-state index contributed by atoms with van der Waals surface area (Å²) in [5.41, 5.74) is -0.477. The minimum Gasteiger partial charge on any atom is -0.468 e. The number of halogens is 2. The van der Waals surface area contributed by atoms with Crippen molar-refractivity contribution in [2.75, 3.05) is 5.75 Å². The fourth-order valence-electron chi connectivity index (χ4n) is 3.36. The topological polar surface area (TPSA) is 88.4 Å². The second-order valence-electron chi connectivity index (χ2n) is 8.50. The Bertz CT molecular complexity index is 950. The van der Waals surface area contributed by atoms with Gasteiger partial charge in [-0.2, -0.15) is 0 Å². The van der Waals surface area contributed by atoms with Crippen molar-refractivity contribution in [3.05, 3.63) is 59.6 Å². The number of carbonyl (C=O) groups excluding carboxylic acids is 3. The summed E-state index contributed by atoms with van der Waals surface area (Å²) >= 11 is 1.40. The molecule has 6 nitrogen and oxygen atoms in total. The highest BCUT2D eigenvalue weighted by atomic mass is 32.2. The zero-order chi connectivity index (χ0) is 25.1. The first-order chi connectivity index (χ1) is 16.2. The Morgan fingerprint density at radius 2 is 1.82 bits per heavy atom. The third-order valence-electron chi connectivity index (χ3n) is 5.15. The molecule has 1 aromatic carbocycles. The summed E-state index contributed by atoms with van der Waals surface area (Å²) < 4.78 is 32.9. The average Bonchev–Trinajstić information content (AvgIpc) is 3.30. The minimum absolute atomic E-state index is 0.0297. The predicted octanol–water partition coefficient (Wildman–Crippen LogP) is 4.88. The molecule has 0 radical (unpaired) electrons. The maximum atomic E-state index is 14.1. The fourth-order valence-corrected chi connectivity index (χ4v) is 4.23. The van der Waals surface area contributed by atoms with Crippen LogP contribution in [-0.4, -0.2) is 35.4 Å². The Kier molecular flexibility index (Phi) is 11.3. The lowest BCUT2D eigenvalue weighted by molar-refractivity contribution is -0.128. The third-order valence-corrected chi connectivity index (χ3v) is 6.12. The van der Waals surface area contributed by atoms with Crippen LogP contribution in [0.4, 0.5) is 8.78 Å². The van der Waals surface area contributed by atoms with Crippen molar-refractivity contribution >= 4 is 29.4 Å². The molecule has 0 saturated carbocycles. The minimum atomic E-state index is -1.27. The monoisotopic (exact) mass is 494 g/mol. The number of benzene rings is 1. The smallest absolute Gasteiger partial charge is 0.255 e. The number of thioether (sulfide) groups is 1. The van der Waals surface area contributed by atoms with Crippen LogP contribution in [-0.2, 0) is 15.3 Å². The largest absolute Gasteiger partial charge is 0.468 e. The molecule has 2 amide bonds. The van der Waals surface area contributed by atoms with Crippen LogP contribution in [0.3, 0.4) is 0 Å². The van der Waals surface area contributed by atoms with Crippen LogP contribution in [0.15, 0.2) is 41.0 Å². The van der Waals surface area contributed by atoms with Gasteiger partial charge >= 0.3 is 0 Å². The Morgan fingerprint density at radius 3 is 2.47 bits per heavy atom. The van der Waals surface area contributed by atoms with Gasteiger partial charge in [0.05, 0.1) is 29.4 Å². The number of carbonyl (C=O) groups is 3. The first kappa shape index (κ1) is 27.6. The second-order valence-corrected chi connectivity index (χ2v) is 9.48. The Morgan fingerprint density at radius 1 is 1.06 bits per heavy atom. The molecule has 2 aromatic rings. The quantitative estimate of drug-likeness (QED) is 0.391. The van der Waals surface area contributed by atoms with Crippen molar-refractivity contribution in [1.29, 1.82) is 0 Å². The van der Waals surface area contributed by atoms with Crippen molar-refractivity contribution in [3.8, 4) is 0 Å². The van der Waals surface area contributed by atoms with Crippen molar-refractivity contribution in [1.82, 2.24) is 10.6 Å². The summed E-state index contributed by atoms with van der Waals surface area (Å²) in [7, 11) is 0. The summed E-state index contributed by atoms with van der Waals surface area (Å²) in [6.07, 6.45) is 3.92. The highest BCUT2D eigenvalue weighted by Crippen LogP contribution is 2.16. The number of furan rings is 1. The van der Waals surface area contributed by atoms with Gasteiger partial charge in [0, 0.05) is 0 Å². The zero-order valence-corrected chi connectivity index (χ0v) is 20.6. The third kappa shape index (κ3) is 8.59. The van der Waals surface area contributed by atoms with E-state index in [2.05, 4.69) is 10.6 Å². The van der Waals surface area contributed by atoms with E-state index < -0.39 is 41.1 Å². The number of hydrogen-bond acceptors (Lipinski definition) is 5. The normalized spacial score (nSPS) is 12.9. The van der Waals surface area contributed by atoms with Crippen LogP contribution in [0.5, 0.6) is 0 Å². The van der Waals surface area contributed by atoms with Gasteiger partial charge in [0.1, 0.15) is 11.8 Å². The zero-order valence-electron chi connectivity index (χ0n) is 19.7. The van der Waals surface area contributed by atoms with E-state index in [1.54, 1.807) is 12.3 Å². The summed E-state index contributed by atoms with van der Waals surface area (Å²) in [4.78, 5) is 38.5. The molecular formula is C25H32F2N2O4S. The molecule has 0 fully saturated rings. The molecule has 2 atom stereocenters. The van der Waals surface area contributed by atoms with Gasteiger partial charge in [-0.15, -0.1) is 11.8 Å². The predicted molar refractivity (Wildman–Crippen MR) is 128 cm³/mol. The van der Waals surface area contributed by atoms with Gasteiger partial charge in [-0.3, -0.25) is 14.4 Å². The van der Waals surface area contributed by atoms with Gasteiger partial charge in [0.2, 0.25) is 5.91 Å². The molecule has 9 heteroatoms. The standard InChI is InChI=1S/C25H32F2N2O4S/c1-4-5-11-20(22(30)15-34-14-17-8-7-12-33-17)28-25(32)21(13-16(2)3)29-24(31)18-9-6-10-19(26)23(18)27/h6-10,12,16,20-21H,4-5,11,13-15H2,1-3H3,(H,28,32)(H,29,31)/t20-,21-/m0/s1. The fraction of sp³-hybridized carbons (Fsp3) is 0.480. The van der Waals surface area contributed by atoms with Crippen LogP contribution < -0.4 is 10.6 Å². The molecule has 0 spiro atoms. The molecule has 0 bridgehead atoms. The van der Waals surface area contributed by atoms with E-state index in [1.807, 2.05) is 26.8 Å². The number of Topliss-reactive ketones (excluding diaryl/α,β-unsaturated/α-hetero) is 1. The molecule has 186 valence electrons. The average molecular weight is 495 g/mol. The number of amides is 2. The van der Waals surface area contributed by atoms with Crippen LogP contribution >= 0.6 is 11.8 Å². The highest BCUT2D eigenvalue weighted by Gasteiger charge is 2.28. The molecule has 34 heavy (non-hydrogen) atoms. The van der Waals surface area contributed by atoms with E-state index in [4.69, 9.17) is 4.42 Å². The first-order valence-corrected chi connectivity index (χ1v) is 12.6. The van der Waals surface area contributed by atoms with Gasteiger partial charge in [0.15, 0.2) is 17.4 Å². The van der Waals surface area contributed by atoms with Gasteiger partial charge in [-0.25, -0.2) is 8.78 Å². The SMILES string of the molecule is CCCC[C@H](NC(=O)[C@H](CC(C)C)NC(=O)c1cccc(F)c1F)C(=O)CSCc1ccco1. The summed E-state index contributed by atoms with van der Waals surface area (Å²) in [6.45, 7) is 5.74. The van der Waals surface area contributed by atoms with Gasteiger partial charge in [-0.1, -0.05) is 39.7 Å². The lowest BCUT2D eigenvalue weighted by Gasteiger charge is -2.24. The Balaban J connectivity index is 2.06. The first-order valence-electron chi connectivity index (χ1n) is 11.4. The molecule has 0 aliphatic heterocycles. The van der Waals surface area contributed by atoms with Crippen molar-refractivity contribution in [3.63, 3.8) is 0 Å². The van der Waals surface area contributed by atoms with E-state index >= 15 is 0 Å². The van der Waals surface area contributed by atoms with Crippen LogP contribution in [0.1, 0.15) is 62.6 Å². The molecule has 0 aliphatic rings. The number of nitrogens with one attached hydrogen (secondary N) is 2. The van der Waals surface area contributed by atoms with E-state index in [-0.39, 0.29) is 23.9 Å². The molecule has 1 heterocycles. The summed E-state index contributed by atoms with van der Waals surface area (Å²) in [6, 6.07) is 5.21. The molecule has 0 saturated heterocycles. The van der Waals surface area contributed by atoms with E-state index in [9.17, 15) is 23.2 Å². The van der Waals surface area contributed by atoms with Gasteiger partial charge in [0.25, 0.3) is 5.91 Å². The molecule has 2 rings (SSSR count). The van der Waals surface area contributed by atoms with E-state index in [1.165, 1.54) is 17.8 Å². The molecule has 2 N–H and O–H groups in total.